The summed E-state index contributed by atoms with van der Waals surface area (Å²) in [4.78, 5) is 10.8. The van der Waals surface area contributed by atoms with Crippen molar-refractivity contribution in [3.05, 3.63) is 0 Å². The van der Waals surface area contributed by atoms with E-state index in [0.717, 1.165) is 6.42 Å². The highest BCUT2D eigenvalue weighted by Crippen LogP contribution is 2.26. The molecular weight excluding hydrogens is 142 g/mol. The summed E-state index contributed by atoms with van der Waals surface area (Å²) in [6.45, 7) is 4.09. The first-order valence-electron chi connectivity index (χ1n) is 4.06. The smallest absolute Gasteiger partial charge is 0.310 e. The molecule has 11 heavy (non-hydrogen) atoms. The summed E-state index contributed by atoms with van der Waals surface area (Å²) in [5.41, 5.74) is 4.75. The molecule has 0 saturated heterocycles. The third kappa shape index (κ3) is 2.19. The Labute approximate surface area is 67.6 Å². The number of hydrogen-bond donors (Lipinski definition) is 2. The summed E-state index contributed by atoms with van der Waals surface area (Å²) in [6.07, 6.45) is 2.17. The van der Waals surface area contributed by atoms with Gasteiger partial charge in [0, 0.05) is 6.54 Å². The Bertz CT molecular complexity index is 130. The summed E-state index contributed by atoms with van der Waals surface area (Å²) < 4.78 is 0. The minimum Gasteiger partial charge on any atom is -0.481 e. The number of carboxylic acids is 1. The van der Waals surface area contributed by atoms with Crippen LogP contribution in [0.2, 0.25) is 0 Å². The molecule has 0 aliphatic carbocycles. The van der Waals surface area contributed by atoms with E-state index in [4.69, 9.17) is 10.8 Å². The van der Waals surface area contributed by atoms with Gasteiger partial charge >= 0.3 is 5.97 Å². The van der Waals surface area contributed by atoms with Crippen molar-refractivity contribution in [2.45, 2.75) is 33.1 Å². The van der Waals surface area contributed by atoms with Crippen LogP contribution in [0.25, 0.3) is 0 Å². The fraction of sp³-hybridized carbons (Fsp3) is 0.875. The Morgan fingerprint density at radius 1 is 1.55 bits per heavy atom. The number of aliphatic carboxylic acids is 1. The van der Waals surface area contributed by atoms with Gasteiger partial charge in [-0.25, -0.2) is 0 Å². The van der Waals surface area contributed by atoms with Gasteiger partial charge in [0.2, 0.25) is 0 Å². The van der Waals surface area contributed by atoms with E-state index >= 15 is 0 Å². The maximum atomic E-state index is 10.8. The molecule has 0 bridgehead atoms. The van der Waals surface area contributed by atoms with Gasteiger partial charge < -0.3 is 10.8 Å². The summed E-state index contributed by atoms with van der Waals surface area (Å²) in [7, 11) is 0. The lowest BCUT2D eigenvalue weighted by Gasteiger charge is -2.25. The summed E-state index contributed by atoms with van der Waals surface area (Å²) >= 11 is 0. The molecule has 1 unspecified atom stereocenters. The lowest BCUT2D eigenvalue weighted by molar-refractivity contribution is -0.149. The average molecular weight is 159 g/mol. The van der Waals surface area contributed by atoms with E-state index in [9.17, 15) is 4.79 Å². The van der Waals surface area contributed by atoms with E-state index in [-0.39, 0.29) is 6.54 Å². The minimum atomic E-state index is -0.760. The van der Waals surface area contributed by atoms with Crippen LogP contribution in [0, 0.1) is 5.41 Å². The van der Waals surface area contributed by atoms with Crippen LogP contribution in [0.5, 0.6) is 0 Å². The maximum Gasteiger partial charge on any atom is 0.310 e. The van der Waals surface area contributed by atoms with Crippen LogP contribution >= 0.6 is 0 Å². The van der Waals surface area contributed by atoms with Crippen LogP contribution in [-0.2, 0) is 4.79 Å². The molecule has 0 fully saturated rings. The molecule has 0 amide bonds. The molecule has 0 aromatic rings. The Morgan fingerprint density at radius 3 is 2.18 bits per heavy atom. The molecule has 0 aromatic carbocycles. The first-order valence-corrected chi connectivity index (χ1v) is 4.06. The maximum absolute atomic E-state index is 10.8. The first-order chi connectivity index (χ1) is 5.13. The minimum absolute atomic E-state index is 0.243. The quantitative estimate of drug-likeness (QED) is 0.634. The molecular formula is C8H17NO2. The molecule has 3 nitrogen and oxygen atoms in total. The second-order valence-corrected chi connectivity index (χ2v) is 2.89. The van der Waals surface area contributed by atoms with E-state index in [1.807, 2.05) is 13.8 Å². The highest BCUT2D eigenvalue weighted by molar-refractivity contribution is 5.74. The van der Waals surface area contributed by atoms with Gasteiger partial charge in [0.25, 0.3) is 0 Å². The summed E-state index contributed by atoms with van der Waals surface area (Å²) in [6, 6.07) is 0. The number of carbonyl (C=O) groups is 1. The van der Waals surface area contributed by atoms with Crippen LogP contribution in [0.1, 0.15) is 33.1 Å². The van der Waals surface area contributed by atoms with Crippen LogP contribution in [0.4, 0.5) is 0 Å². The Hall–Kier alpha value is -0.570. The molecule has 0 aliphatic rings. The third-order valence-electron chi connectivity index (χ3n) is 2.25. The largest absolute Gasteiger partial charge is 0.481 e. The number of carboxylic acid groups (broad SMARTS) is 1. The van der Waals surface area contributed by atoms with E-state index in [2.05, 4.69) is 0 Å². The SMILES string of the molecule is CCCC(CC)(CN)C(=O)O. The molecule has 0 spiro atoms. The fourth-order valence-corrected chi connectivity index (χ4v) is 1.25. The van der Waals surface area contributed by atoms with Crippen LogP contribution < -0.4 is 5.73 Å². The monoisotopic (exact) mass is 159 g/mol. The van der Waals surface area contributed by atoms with Crippen molar-refractivity contribution in [2.24, 2.45) is 11.1 Å². The lowest BCUT2D eigenvalue weighted by atomic mass is 9.81. The van der Waals surface area contributed by atoms with Gasteiger partial charge in [0.1, 0.15) is 0 Å². The predicted molar refractivity (Wildman–Crippen MR) is 44.3 cm³/mol. The summed E-state index contributed by atoms with van der Waals surface area (Å²) in [5, 5.41) is 8.87. The van der Waals surface area contributed by atoms with Gasteiger partial charge in [-0.15, -0.1) is 0 Å². The molecule has 3 N–H and O–H groups in total. The second-order valence-electron chi connectivity index (χ2n) is 2.89. The summed E-state index contributed by atoms with van der Waals surface area (Å²) in [5.74, 6) is -0.760. The van der Waals surface area contributed by atoms with E-state index < -0.39 is 11.4 Å². The van der Waals surface area contributed by atoms with Gasteiger partial charge in [-0.1, -0.05) is 20.3 Å². The topological polar surface area (TPSA) is 63.3 Å². The predicted octanol–water partition coefficient (Wildman–Crippen LogP) is 1.23. The highest BCUT2D eigenvalue weighted by Gasteiger charge is 2.33. The van der Waals surface area contributed by atoms with Crippen molar-refractivity contribution in [1.82, 2.24) is 0 Å². The van der Waals surface area contributed by atoms with Gasteiger partial charge in [-0.2, -0.15) is 0 Å². The lowest BCUT2D eigenvalue weighted by Crippen LogP contribution is -2.37. The molecule has 0 heterocycles. The third-order valence-corrected chi connectivity index (χ3v) is 2.25. The van der Waals surface area contributed by atoms with Crippen LogP contribution in [0.3, 0.4) is 0 Å². The molecule has 0 aromatic heterocycles. The van der Waals surface area contributed by atoms with Crippen LogP contribution in [-0.4, -0.2) is 17.6 Å². The number of nitrogens with two attached hydrogens (primary N) is 1. The second kappa shape index (κ2) is 4.34. The number of rotatable bonds is 5. The number of hydrogen-bond acceptors (Lipinski definition) is 2. The molecule has 3 heteroatoms. The van der Waals surface area contributed by atoms with Crippen molar-refractivity contribution in [1.29, 1.82) is 0 Å². The molecule has 0 saturated carbocycles. The van der Waals surface area contributed by atoms with Gasteiger partial charge in [-0.3, -0.25) is 4.79 Å². The average Bonchev–Trinajstić information content (AvgIpc) is 2.00. The van der Waals surface area contributed by atoms with Crippen molar-refractivity contribution < 1.29 is 9.90 Å². The zero-order valence-electron chi connectivity index (χ0n) is 7.26. The van der Waals surface area contributed by atoms with Crippen molar-refractivity contribution in [2.75, 3.05) is 6.54 Å². The molecule has 1 atom stereocenters. The molecule has 66 valence electrons. The zero-order chi connectivity index (χ0) is 8.91. The van der Waals surface area contributed by atoms with Gasteiger partial charge in [0.05, 0.1) is 5.41 Å². The first kappa shape index (κ1) is 10.4. The Morgan fingerprint density at radius 2 is 2.09 bits per heavy atom. The molecule has 0 radical (unpaired) electrons. The standard InChI is InChI=1S/C8H17NO2/c1-3-5-8(4-2,6-9)7(10)11/h3-6,9H2,1-2H3,(H,10,11). The van der Waals surface area contributed by atoms with Crippen molar-refractivity contribution in [3.8, 4) is 0 Å². The van der Waals surface area contributed by atoms with E-state index in [1.54, 1.807) is 0 Å². The van der Waals surface area contributed by atoms with Gasteiger partial charge in [-0.05, 0) is 12.8 Å². The van der Waals surface area contributed by atoms with Crippen LogP contribution in [0.15, 0.2) is 0 Å². The van der Waals surface area contributed by atoms with Crippen molar-refractivity contribution >= 4 is 5.97 Å². The Kier molecular flexibility index (Phi) is 4.11. The molecule has 0 aliphatic heterocycles. The zero-order valence-corrected chi connectivity index (χ0v) is 7.26. The molecule has 0 rings (SSSR count). The normalized spacial score (nSPS) is 15.9. The highest BCUT2D eigenvalue weighted by atomic mass is 16.4. The Balaban J connectivity index is 4.32. The fourth-order valence-electron chi connectivity index (χ4n) is 1.25. The van der Waals surface area contributed by atoms with Crippen molar-refractivity contribution in [3.63, 3.8) is 0 Å². The van der Waals surface area contributed by atoms with E-state index in [1.165, 1.54) is 0 Å². The van der Waals surface area contributed by atoms with Gasteiger partial charge in [0.15, 0.2) is 0 Å². The van der Waals surface area contributed by atoms with E-state index in [0.29, 0.717) is 12.8 Å².